The highest BCUT2D eigenvalue weighted by Crippen LogP contribution is 2.32. The van der Waals surface area contributed by atoms with Gasteiger partial charge < -0.3 is 0 Å². The molecule has 5 nitrogen and oxygen atoms in total. The van der Waals surface area contributed by atoms with Crippen molar-refractivity contribution < 1.29 is 9.18 Å². The molecule has 1 saturated carbocycles. The van der Waals surface area contributed by atoms with Crippen molar-refractivity contribution in [1.82, 2.24) is 14.1 Å². The fraction of sp³-hybridized carbons (Fsp3) is 0.231. The number of rotatable bonds is 5. The van der Waals surface area contributed by atoms with Crippen molar-refractivity contribution in [2.75, 3.05) is 0 Å². The Kier molecular flexibility index (Phi) is 6.05. The fourth-order valence-corrected chi connectivity index (χ4v) is 5.13. The number of aromatic nitrogens is 2. The molecule has 0 bridgehead atoms. The molecule has 5 rings (SSSR count). The number of hydrogen-bond acceptors (Lipinski definition) is 3. The summed E-state index contributed by atoms with van der Waals surface area (Å²) in [6.07, 6.45) is 5.59. The summed E-state index contributed by atoms with van der Waals surface area (Å²) in [7, 11) is 0. The van der Waals surface area contributed by atoms with Gasteiger partial charge in [0.05, 0.1) is 22.6 Å². The zero-order chi connectivity index (χ0) is 22.8. The first-order chi connectivity index (χ1) is 16.1. The predicted molar refractivity (Wildman–Crippen MR) is 129 cm³/mol. The van der Waals surface area contributed by atoms with Gasteiger partial charge in [-0.3, -0.25) is 19.0 Å². The number of amides is 1. The van der Waals surface area contributed by atoms with Crippen LogP contribution in [0.1, 0.15) is 48.5 Å². The Morgan fingerprint density at radius 2 is 1.67 bits per heavy atom. The smallest absolute Gasteiger partial charge is 0.279 e. The van der Waals surface area contributed by atoms with Crippen LogP contribution < -0.4 is 10.3 Å². The zero-order valence-electron chi connectivity index (χ0n) is 18.0. The van der Waals surface area contributed by atoms with Gasteiger partial charge >= 0.3 is 0 Å². The summed E-state index contributed by atoms with van der Waals surface area (Å²) in [6, 6.07) is 21.1. The van der Waals surface area contributed by atoms with E-state index >= 15 is 0 Å². The van der Waals surface area contributed by atoms with Crippen LogP contribution in [0.2, 0.25) is 0 Å². The molecule has 4 aromatic rings. The van der Waals surface area contributed by atoms with Crippen LogP contribution in [-0.4, -0.2) is 15.3 Å². The third-order valence-corrected chi connectivity index (χ3v) is 6.94. The van der Waals surface area contributed by atoms with E-state index < -0.39 is 0 Å². The molecule has 1 N–H and O–H groups in total. The van der Waals surface area contributed by atoms with E-state index in [0.29, 0.717) is 10.9 Å². The van der Waals surface area contributed by atoms with E-state index in [9.17, 15) is 14.0 Å². The largest absolute Gasteiger partial charge is 0.292 e. The quantitative estimate of drug-likeness (QED) is 0.378. The molecule has 0 saturated heterocycles. The van der Waals surface area contributed by atoms with Crippen LogP contribution in [0.3, 0.4) is 0 Å². The van der Waals surface area contributed by atoms with Gasteiger partial charge in [-0.25, -0.2) is 9.07 Å². The monoisotopic (exact) mass is 461 g/mol. The van der Waals surface area contributed by atoms with E-state index in [4.69, 9.17) is 0 Å². The molecule has 1 aliphatic rings. The maximum Gasteiger partial charge on any atom is 0.279 e. The fourth-order valence-electron chi connectivity index (χ4n) is 4.53. The molecule has 1 aromatic heterocycles. The molecule has 1 fully saturated rings. The Balaban J connectivity index is 1.52. The van der Waals surface area contributed by atoms with Crippen LogP contribution in [0.25, 0.3) is 16.6 Å². The highest BCUT2D eigenvalue weighted by Gasteiger charge is 2.24. The number of hydrogen-bond donors (Lipinski definition) is 1. The number of nitrogens with one attached hydrogen (secondary N) is 1. The number of nitrogens with zero attached hydrogens (tertiary/aromatic N) is 2. The lowest BCUT2D eigenvalue weighted by Crippen LogP contribution is -2.25. The van der Waals surface area contributed by atoms with E-state index in [-0.39, 0.29) is 23.3 Å². The van der Waals surface area contributed by atoms with Gasteiger partial charge in [-0.2, -0.15) is 0 Å². The average Bonchev–Trinajstić information content (AvgIpc) is 3.16. The zero-order valence-corrected chi connectivity index (χ0v) is 18.9. The Labute approximate surface area is 195 Å². The molecular weight excluding hydrogens is 437 g/mol. The molecule has 1 aliphatic carbocycles. The maximum atomic E-state index is 13.5. The number of para-hydroxylation sites is 1. The summed E-state index contributed by atoms with van der Waals surface area (Å²) in [4.78, 5) is 27.1. The van der Waals surface area contributed by atoms with E-state index in [1.54, 1.807) is 28.9 Å². The van der Waals surface area contributed by atoms with Crippen molar-refractivity contribution in [2.24, 2.45) is 0 Å². The predicted octanol–water partition coefficient (Wildman–Crippen LogP) is 5.87. The standard InChI is InChI=1S/C26H24FN3O2S/c27-19-12-14-22(15-13-19)33-28-25(31)18-11-16-24-23(17-18)26(32)30(21-9-5-2-6-10-21)29(24)20-7-3-1-4-8-20/h2,5-6,9-17,20H,1,3-4,7-8H2,(H,28,31). The minimum Gasteiger partial charge on any atom is -0.292 e. The van der Waals surface area contributed by atoms with Gasteiger partial charge in [0.15, 0.2) is 0 Å². The average molecular weight is 462 g/mol. The lowest BCUT2D eigenvalue weighted by atomic mass is 9.95. The Hall–Kier alpha value is -3.32. The minimum atomic E-state index is -0.326. The van der Waals surface area contributed by atoms with Crippen LogP contribution in [0.15, 0.2) is 82.5 Å². The molecule has 0 atom stereocenters. The van der Waals surface area contributed by atoms with Gasteiger partial charge in [-0.15, -0.1) is 0 Å². The summed E-state index contributed by atoms with van der Waals surface area (Å²) in [6.45, 7) is 0. The summed E-state index contributed by atoms with van der Waals surface area (Å²) in [5.74, 6) is -0.629. The lowest BCUT2D eigenvalue weighted by molar-refractivity contribution is 0.0984. The number of fused-ring (bicyclic) bond motifs is 1. The summed E-state index contributed by atoms with van der Waals surface area (Å²) in [5, 5.41) is 0.531. The SMILES string of the molecule is O=C(NSc1ccc(F)cc1)c1ccc2c(c1)c(=O)n(-c1ccccc1)n2C1CCCCC1. The van der Waals surface area contributed by atoms with Gasteiger partial charge in [0.1, 0.15) is 5.82 Å². The molecule has 33 heavy (non-hydrogen) atoms. The van der Waals surface area contributed by atoms with Crippen LogP contribution >= 0.6 is 11.9 Å². The van der Waals surface area contributed by atoms with Crippen LogP contribution in [0.5, 0.6) is 0 Å². The van der Waals surface area contributed by atoms with Crippen molar-refractivity contribution in [3.05, 3.63) is 94.5 Å². The summed E-state index contributed by atoms with van der Waals surface area (Å²) in [5.41, 5.74) is 1.96. The highest BCUT2D eigenvalue weighted by molar-refractivity contribution is 7.98. The lowest BCUT2D eigenvalue weighted by Gasteiger charge is -2.26. The third-order valence-electron chi connectivity index (χ3n) is 6.14. The number of carbonyl (C=O) groups excluding carboxylic acids is 1. The topological polar surface area (TPSA) is 56.0 Å². The van der Waals surface area contributed by atoms with Crippen molar-refractivity contribution in [3.8, 4) is 5.69 Å². The number of halogens is 1. The second kappa shape index (κ2) is 9.27. The number of carbonyl (C=O) groups is 1. The first-order valence-corrected chi connectivity index (χ1v) is 12.0. The molecule has 0 radical (unpaired) electrons. The van der Waals surface area contributed by atoms with E-state index in [0.717, 1.165) is 53.7 Å². The molecule has 1 heterocycles. The summed E-state index contributed by atoms with van der Waals surface area (Å²) < 4.78 is 19.8. The van der Waals surface area contributed by atoms with Crippen molar-refractivity contribution in [2.45, 2.75) is 43.0 Å². The molecule has 1 amide bonds. The van der Waals surface area contributed by atoms with Crippen molar-refractivity contribution in [3.63, 3.8) is 0 Å². The molecule has 0 aliphatic heterocycles. The minimum absolute atomic E-state index is 0.123. The van der Waals surface area contributed by atoms with Crippen molar-refractivity contribution >= 4 is 28.8 Å². The Bertz CT molecular complexity index is 1340. The van der Waals surface area contributed by atoms with Gasteiger partial charge in [-0.1, -0.05) is 37.5 Å². The molecule has 168 valence electrons. The third kappa shape index (κ3) is 4.33. The maximum absolute atomic E-state index is 13.5. The van der Waals surface area contributed by atoms with Crippen LogP contribution in [0, 0.1) is 5.82 Å². The normalized spacial score (nSPS) is 14.5. The Morgan fingerprint density at radius 1 is 0.939 bits per heavy atom. The van der Waals surface area contributed by atoms with Gasteiger partial charge in [0, 0.05) is 10.5 Å². The molecule has 7 heteroatoms. The van der Waals surface area contributed by atoms with Crippen molar-refractivity contribution in [1.29, 1.82) is 0 Å². The summed E-state index contributed by atoms with van der Waals surface area (Å²) >= 11 is 1.11. The molecular formula is C26H24FN3O2S. The number of benzene rings is 3. The first kappa shape index (κ1) is 21.5. The second-order valence-electron chi connectivity index (χ2n) is 8.31. The van der Waals surface area contributed by atoms with E-state index in [1.165, 1.54) is 18.6 Å². The van der Waals surface area contributed by atoms with Crippen LogP contribution in [0.4, 0.5) is 4.39 Å². The van der Waals surface area contributed by atoms with Gasteiger partial charge in [0.2, 0.25) is 0 Å². The van der Waals surface area contributed by atoms with Crippen LogP contribution in [-0.2, 0) is 0 Å². The Morgan fingerprint density at radius 3 is 2.39 bits per heavy atom. The second-order valence-corrected chi connectivity index (χ2v) is 9.19. The van der Waals surface area contributed by atoms with Gasteiger partial charge in [-0.05, 0) is 79.4 Å². The van der Waals surface area contributed by atoms with Gasteiger partial charge in [0.25, 0.3) is 11.5 Å². The molecule has 0 unspecified atom stereocenters. The molecule has 3 aromatic carbocycles. The molecule has 0 spiro atoms. The van der Waals surface area contributed by atoms with E-state index in [1.807, 2.05) is 36.4 Å². The first-order valence-electron chi connectivity index (χ1n) is 11.2. The van der Waals surface area contributed by atoms with E-state index in [2.05, 4.69) is 9.40 Å². The highest BCUT2D eigenvalue weighted by atomic mass is 32.2.